The first-order valence-electron chi connectivity index (χ1n) is 4.14. The number of phenolic OH excluding ortho intramolecular Hbond substituents is 1. The zero-order valence-electron chi connectivity index (χ0n) is 7.76. The van der Waals surface area contributed by atoms with E-state index in [-0.39, 0.29) is 5.75 Å². The van der Waals surface area contributed by atoms with Gasteiger partial charge in [0.1, 0.15) is 18.4 Å². The summed E-state index contributed by atoms with van der Waals surface area (Å²) in [6.07, 6.45) is 2.74. The van der Waals surface area contributed by atoms with Crippen LogP contribution in [0.4, 0.5) is 0 Å². The van der Waals surface area contributed by atoms with Gasteiger partial charge in [-0.1, -0.05) is 23.2 Å². The summed E-state index contributed by atoms with van der Waals surface area (Å²) in [6, 6.07) is 2.96. The Balaban J connectivity index is 2.35. The Bertz CT molecular complexity index is 486. The van der Waals surface area contributed by atoms with Gasteiger partial charge in [-0.15, -0.1) is 0 Å². The lowest BCUT2D eigenvalue weighted by Gasteiger charge is -2.05. The molecular weight excluding hydrogens is 269 g/mol. The van der Waals surface area contributed by atoms with Crippen molar-refractivity contribution in [3.8, 4) is 5.75 Å². The molecule has 4 nitrogen and oxygen atoms in total. The molecule has 0 unspecified atom stereocenters. The van der Waals surface area contributed by atoms with Crippen LogP contribution in [-0.2, 0) is 0 Å². The van der Waals surface area contributed by atoms with Crippen molar-refractivity contribution in [2.45, 2.75) is 10.1 Å². The van der Waals surface area contributed by atoms with E-state index in [1.807, 2.05) is 0 Å². The van der Waals surface area contributed by atoms with E-state index >= 15 is 0 Å². The van der Waals surface area contributed by atoms with Gasteiger partial charge in [0.15, 0.2) is 5.16 Å². The van der Waals surface area contributed by atoms with E-state index in [1.54, 1.807) is 6.07 Å². The van der Waals surface area contributed by atoms with Crippen LogP contribution in [-0.4, -0.2) is 20.1 Å². The molecule has 2 rings (SSSR count). The molecule has 0 bridgehead atoms. The van der Waals surface area contributed by atoms with Crippen molar-refractivity contribution < 1.29 is 5.11 Å². The van der Waals surface area contributed by atoms with Gasteiger partial charge >= 0.3 is 0 Å². The Hall–Kier alpha value is -1.04. The minimum absolute atomic E-state index is 0.00270. The second-order valence-electron chi connectivity index (χ2n) is 2.76. The fraction of sp³-hybridized carbons (Fsp3) is 0. The maximum absolute atomic E-state index is 9.67. The number of aromatic nitrogens is 3. The fourth-order valence-electron chi connectivity index (χ4n) is 1.02. The number of nitrogens with zero attached hydrogens (tertiary/aromatic N) is 3. The summed E-state index contributed by atoms with van der Waals surface area (Å²) in [4.78, 5) is 12.0. The molecule has 2 aromatic rings. The van der Waals surface area contributed by atoms with E-state index in [0.29, 0.717) is 20.1 Å². The molecule has 0 radical (unpaired) electrons. The minimum atomic E-state index is 0.00270. The van der Waals surface area contributed by atoms with Crippen molar-refractivity contribution >= 4 is 35.0 Å². The molecule has 0 saturated carbocycles. The maximum atomic E-state index is 9.67. The van der Waals surface area contributed by atoms with Crippen molar-refractivity contribution in [1.29, 1.82) is 0 Å². The molecule has 1 aromatic heterocycles. The molecule has 0 aliphatic carbocycles. The molecular formula is C9H5Cl2N3OS. The largest absolute Gasteiger partial charge is 0.507 e. The van der Waals surface area contributed by atoms with Crippen LogP contribution in [0.15, 0.2) is 34.8 Å². The van der Waals surface area contributed by atoms with E-state index in [1.165, 1.54) is 18.7 Å². The number of halogens is 2. The summed E-state index contributed by atoms with van der Waals surface area (Å²) < 4.78 is 0. The van der Waals surface area contributed by atoms with Gasteiger partial charge in [-0.2, -0.15) is 0 Å². The van der Waals surface area contributed by atoms with Crippen LogP contribution in [0.2, 0.25) is 10.0 Å². The first kappa shape index (κ1) is 11.4. The van der Waals surface area contributed by atoms with Gasteiger partial charge in [-0.25, -0.2) is 15.0 Å². The number of aromatic hydroxyl groups is 1. The van der Waals surface area contributed by atoms with Gasteiger partial charge in [0.05, 0.1) is 9.92 Å². The average molecular weight is 274 g/mol. The summed E-state index contributed by atoms with van der Waals surface area (Å²) in [5.41, 5.74) is 0. The van der Waals surface area contributed by atoms with Gasteiger partial charge in [0.2, 0.25) is 0 Å². The molecule has 0 amide bonds. The quantitative estimate of drug-likeness (QED) is 0.912. The van der Waals surface area contributed by atoms with Crippen LogP contribution >= 0.6 is 35.0 Å². The highest BCUT2D eigenvalue weighted by Gasteiger charge is 2.11. The zero-order valence-corrected chi connectivity index (χ0v) is 10.1. The molecule has 0 fully saturated rings. The van der Waals surface area contributed by atoms with Crippen molar-refractivity contribution in [1.82, 2.24) is 15.0 Å². The molecule has 1 heterocycles. The van der Waals surface area contributed by atoms with E-state index < -0.39 is 0 Å². The molecule has 0 aliphatic rings. The van der Waals surface area contributed by atoms with Crippen molar-refractivity contribution in [3.63, 3.8) is 0 Å². The van der Waals surface area contributed by atoms with Crippen LogP contribution in [0.25, 0.3) is 0 Å². The first-order valence-corrected chi connectivity index (χ1v) is 5.72. The third-order valence-electron chi connectivity index (χ3n) is 1.65. The van der Waals surface area contributed by atoms with Crippen LogP contribution in [0, 0.1) is 0 Å². The van der Waals surface area contributed by atoms with Crippen molar-refractivity contribution in [3.05, 3.63) is 34.8 Å². The molecule has 0 aliphatic heterocycles. The predicted molar refractivity (Wildman–Crippen MR) is 62.1 cm³/mol. The van der Waals surface area contributed by atoms with Crippen LogP contribution in [0.3, 0.4) is 0 Å². The second-order valence-corrected chi connectivity index (χ2v) is 4.58. The van der Waals surface area contributed by atoms with Crippen LogP contribution in [0.5, 0.6) is 5.75 Å². The average Bonchev–Trinajstić information content (AvgIpc) is 2.25. The maximum Gasteiger partial charge on any atom is 0.195 e. The van der Waals surface area contributed by atoms with Gasteiger partial charge in [0, 0.05) is 5.02 Å². The molecule has 1 N–H and O–H groups in total. The van der Waals surface area contributed by atoms with Gasteiger partial charge in [-0.3, -0.25) is 0 Å². The third-order valence-corrected chi connectivity index (χ3v) is 3.31. The number of hydrogen-bond acceptors (Lipinski definition) is 5. The Morgan fingerprint density at radius 3 is 2.44 bits per heavy atom. The summed E-state index contributed by atoms with van der Waals surface area (Å²) >= 11 is 12.8. The summed E-state index contributed by atoms with van der Waals surface area (Å²) in [5.74, 6) is 0.00270. The SMILES string of the molecule is Oc1cc(Cl)cc(Cl)c1Sc1ncncn1. The summed E-state index contributed by atoms with van der Waals surface area (Å²) in [7, 11) is 0. The van der Waals surface area contributed by atoms with Crippen LogP contribution < -0.4 is 0 Å². The molecule has 0 spiro atoms. The Kier molecular flexibility index (Phi) is 3.48. The number of hydrogen-bond donors (Lipinski definition) is 1. The highest BCUT2D eigenvalue weighted by molar-refractivity contribution is 7.99. The van der Waals surface area contributed by atoms with Crippen LogP contribution in [0.1, 0.15) is 0 Å². The zero-order chi connectivity index (χ0) is 11.5. The van der Waals surface area contributed by atoms with E-state index in [2.05, 4.69) is 15.0 Å². The van der Waals surface area contributed by atoms with E-state index in [4.69, 9.17) is 23.2 Å². The molecule has 82 valence electrons. The van der Waals surface area contributed by atoms with Gasteiger partial charge in [-0.05, 0) is 23.9 Å². The molecule has 16 heavy (non-hydrogen) atoms. The number of benzene rings is 1. The monoisotopic (exact) mass is 273 g/mol. The number of phenols is 1. The smallest absolute Gasteiger partial charge is 0.195 e. The lowest BCUT2D eigenvalue weighted by atomic mass is 10.3. The molecule has 7 heteroatoms. The minimum Gasteiger partial charge on any atom is -0.507 e. The predicted octanol–water partition coefficient (Wildman–Crippen LogP) is 3.04. The standard InChI is InChI=1S/C9H5Cl2N3OS/c10-5-1-6(11)8(7(15)2-5)16-9-13-3-12-4-14-9/h1-4,15H. The topological polar surface area (TPSA) is 58.9 Å². The molecule has 0 atom stereocenters. The first-order chi connectivity index (χ1) is 7.66. The third kappa shape index (κ3) is 2.55. The molecule has 1 aromatic carbocycles. The van der Waals surface area contributed by atoms with E-state index in [0.717, 1.165) is 11.8 Å². The molecule has 0 saturated heterocycles. The Morgan fingerprint density at radius 2 is 1.81 bits per heavy atom. The van der Waals surface area contributed by atoms with Gasteiger partial charge in [0.25, 0.3) is 0 Å². The van der Waals surface area contributed by atoms with Crippen molar-refractivity contribution in [2.24, 2.45) is 0 Å². The normalized spacial score (nSPS) is 10.4. The Labute approximate surface area is 106 Å². The number of rotatable bonds is 2. The summed E-state index contributed by atoms with van der Waals surface area (Å²) in [6.45, 7) is 0. The summed E-state index contributed by atoms with van der Waals surface area (Å²) in [5, 5.41) is 10.9. The van der Waals surface area contributed by atoms with Gasteiger partial charge < -0.3 is 5.11 Å². The fourth-order valence-corrected chi connectivity index (χ4v) is 2.32. The van der Waals surface area contributed by atoms with Crippen molar-refractivity contribution in [2.75, 3.05) is 0 Å². The lowest BCUT2D eigenvalue weighted by molar-refractivity contribution is 0.462. The lowest BCUT2D eigenvalue weighted by Crippen LogP contribution is -1.87. The van der Waals surface area contributed by atoms with E-state index in [9.17, 15) is 5.11 Å². The highest BCUT2D eigenvalue weighted by Crippen LogP contribution is 2.39. The highest BCUT2D eigenvalue weighted by atomic mass is 35.5. The Morgan fingerprint density at radius 1 is 1.12 bits per heavy atom. The second kappa shape index (κ2) is 4.86.